The molecule has 0 radical (unpaired) electrons. The summed E-state index contributed by atoms with van der Waals surface area (Å²) in [6, 6.07) is 18.1. The Labute approximate surface area is 390 Å². The fourth-order valence-corrected chi connectivity index (χ4v) is 13.3. The van der Waals surface area contributed by atoms with Gasteiger partial charge in [-0.1, -0.05) is 67.3 Å². The molecule has 9 rings (SSSR count). The Morgan fingerprint density at radius 3 is 2.58 bits per heavy atom. The molecule has 9 N–H and O–H groups in total. The Kier molecular flexibility index (Phi) is 14.0. The lowest BCUT2D eigenvalue weighted by molar-refractivity contribution is -0.136. The van der Waals surface area contributed by atoms with Crippen molar-refractivity contribution in [3.05, 3.63) is 94.8 Å². The van der Waals surface area contributed by atoms with Crippen molar-refractivity contribution in [3.63, 3.8) is 0 Å². The second-order valence-corrected chi connectivity index (χ2v) is 20.5. The van der Waals surface area contributed by atoms with Gasteiger partial charge in [-0.05, 0) is 164 Å². The number of carbonyl (C=O) groups is 2. The summed E-state index contributed by atoms with van der Waals surface area (Å²) >= 11 is 0. The van der Waals surface area contributed by atoms with Gasteiger partial charge in [0.2, 0.25) is 0 Å². The van der Waals surface area contributed by atoms with Gasteiger partial charge in [-0.2, -0.15) is 0 Å². The zero-order chi connectivity index (χ0) is 46.1. The summed E-state index contributed by atoms with van der Waals surface area (Å²) < 4.78 is 5.52. The summed E-state index contributed by atoms with van der Waals surface area (Å²) in [5.41, 5.74) is 8.39. The van der Waals surface area contributed by atoms with E-state index < -0.39 is 29.6 Å². The Hall–Kier alpha value is -4.70. The normalized spacial score (nSPS) is 32.3. The summed E-state index contributed by atoms with van der Waals surface area (Å²) in [6.45, 7) is 5.45. The number of carbonyl (C=O) groups excluding carboxylic acids is 2. The van der Waals surface area contributed by atoms with E-state index in [2.05, 4.69) is 71.1 Å². The number of aromatic hydroxyl groups is 1. The van der Waals surface area contributed by atoms with E-state index in [-0.39, 0.29) is 48.4 Å². The maximum atomic E-state index is 14.6. The molecule has 0 bridgehead atoms. The number of nitrogens with one attached hydrogen (secondary N) is 3. The number of hydrogen-bond donors (Lipinski definition) is 8. The highest BCUT2D eigenvalue weighted by Gasteiger charge is 2.53. The molecule has 11 heteroatoms. The Morgan fingerprint density at radius 1 is 0.955 bits per heavy atom. The minimum Gasteiger partial charge on any atom is -0.504 e. The van der Waals surface area contributed by atoms with Gasteiger partial charge < -0.3 is 46.8 Å². The summed E-state index contributed by atoms with van der Waals surface area (Å²) in [6.07, 6.45) is 7.63. The van der Waals surface area contributed by atoms with Gasteiger partial charge in [-0.25, -0.2) is 0 Å². The molecule has 0 aromatic heterocycles. The first-order chi connectivity index (χ1) is 31.9. The van der Waals surface area contributed by atoms with Crippen LogP contribution in [0.25, 0.3) is 10.8 Å². The Balaban J connectivity index is 0.976. The first kappa shape index (κ1) is 46.4. The lowest BCUT2D eigenvalue weighted by Crippen LogP contribution is -2.57. The van der Waals surface area contributed by atoms with E-state index in [1.807, 2.05) is 18.2 Å². The number of benzene rings is 3. The number of dihydropyridines is 1. The van der Waals surface area contributed by atoms with Crippen molar-refractivity contribution in [1.82, 2.24) is 16.0 Å². The lowest BCUT2D eigenvalue weighted by Gasteiger charge is -2.54. The van der Waals surface area contributed by atoms with E-state index in [4.69, 9.17) is 10.5 Å². The van der Waals surface area contributed by atoms with Gasteiger partial charge in [0.1, 0.15) is 11.2 Å². The minimum absolute atomic E-state index is 0.0414. The fraction of sp³-hybridized carbons (Fsp3) is 0.564. The second kappa shape index (κ2) is 19.9. The largest absolute Gasteiger partial charge is 0.504 e. The highest BCUT2D eigenvalue weighted by atomic mass is 16.5. The van der Waals surface area contributed by atoms with Gasteiger partial charge in [-0.15, -0.1) is 0 Å². The number of nitrogens with two attached hydrogens (primary N) is 1. The molecule has 1 spiro atoms. The van der Waals surface area contributed by atoms with E-state index in [0.717, 1.165) is 72.8 Å². The number of piperidine rings is 1. The van der Waals surface area contributed by atoms with Crippen LogP contribution in [0.15, 0.2) is 78.1 Å². The third kappa shape index (κ3) is 9.42. The SMILES string of the molecule is CCNCC1CC2C(CNC3CC(=O)CCC32)CC1C1CCC2(C#CC(CC(O)C(O)CC(C3=CCNC(N)=C3)c3ccc4ccccc4c3)c3cc(O)c(OC)cc3CCC2=O)C(O)C1. The number of phenolic OH excluding ortho intramolecular Hbond substituents is 1. The molecule has 1 saturated heterocycles. The number of ketones is 2. The molecule has 4 aliphatic carbocycles. The van der Waals surface area contributed by atoms with E-state index in [0.29, 0.717) is 91.4 Å². The number of fused-ring (bicyclic) bond motifs is 5. The highest BCUT2D eigenvalue weighted by Crippen LogP contribution is 2.53. The van der Waals surface area contributed by atoms with Gasteiger partial charge in [0.15, 0.2) is 17.3 Å². The number of aliphatic hydroxyl groups is 3. The number of ether oxygens (including phenoxy) is 1. The molecule has 2 heterocycles. The van der Waals surface area contributed by atoms with E-state index >= 15 is 0 Å². The van der Waals surface area contributed by atoms with Crippen LogP contribution in [0.5, 0.6) is 11.5 Å². The Morgan fingerprint density at radius 2 is 1.79 bits per heavy atom. The van der Waals surface area contributed by atoms with Gasteiger partial charge in [0.05, 0.1) is 31.2 Å². The summed E-state index contributed by atoms with van der Waals surface area (Å²) in [5, 5.41) is 60.3. The molecular formula is C55H70N4O7. The van der Waals surface area contributed by atoms with E-state index in [1.54, 1.807) is 12.1 Å². The average Bonchev–Trinajstić information content (AvgIpc) is 3.37. The summed E-state index contributed by atoms with van der Waals surface area (Å²) in [7, 11) is 1.49. The molecule has 3 aromatic carbocycles. The molecule has 352 valence electrons. The molecule has 66 heavy (non-hydrogen) atoms. The molecule has 13 atom stereocenters. The number of aliphatic hydroxyl groups excluding tert-OH is 3. The molecule has 2 aliphatic heterocycles. The van der Waals surface area contributed by atoms with Crippen LogP contribution in [0, 0.1) is 52.8 Å². The minimum atomic E-state index is -1.27. The third-order valence-corrected chi connectivity index (χ3v) is 16.9. The van der Waals surface area contributed by atoms with Crippen molar-refractivity contribution in [3.8, 4) is 23.3 Å². The van der Waals surface area contributed by atoms with Crippen LogP contribution < -0.4 is 26.4 Å². The van der Waals surface area contributed by atoms with Crippen LogP contribution in [-0.2, 0) is 16.0 Å². The van der Waals surface area contributed by atoms with E-state index in [1.165, 1.54) is 7.11 Å². The van der Waals surface area contributed by atoms with Crippen LogP contribution in [0.2, 0.25) is 0 Å². The molecule has 3 aromatic rings. The zero-order valence-corrected chi connectivity index (χ0v) is 38.7. The van der Waals surface area contributed by atoms with Crippen LogP contribution in [0.1, 0.15) is 106 Å². The smallest absolute Gasteiger partial charge is 0.160 e. The number of hydrogen-bond acceptors (Lipinski definition) is 11. The molecule has 0 amide bonds. The predicted molar refractivity (Wildman–Crippen MR) is 256 cm³/mol. The molecule has 3 saturated carbocycles. The van der Waals surface area contributed by atoms with Crippen LogP contribution in [-0.4, -0.2) is 89.6 Å². The number of allylic oxidation sites excluding steroid dienone is 2. The van der Waals surface area contributed by atoms with Gasteiger partial charge >= 0.3 is 0 Å². The fourth-order valence-electron chi connectivity index (χ4n) is 13.3. The summed E-state index contributed by atoms with van der Waals surface area (Å²) in [4.78, 5) is 27.0. The zero-order valence-electron chi connectivity index (χ0n) is 38.7. The van der Waals surface area contributed by atoms with Crippen molar-refractivity contribution < 1.29 is 34.8 Å². The first-order valence-corrected chi connectivity index (χ1v) is 24.8. The third-order valence-electron chi connectivity index (χ3n) is 16.9. The van der Waals surface area contributed by atoms with Crippen molar-refractivity contribution in [2.24, 2.45) is 46.7 Å². The van der Waals surface area contributed by atoms with E-state index in [9.17, 15) is 30.0 Å². The standard InChI is InChI=1S/C55H70N4O7/c1-3-57-30-39-22-46-40(31-59-47-27-41(60)11-12-42(46)47)21-43(39)37-15-18-55(53(65)25-37)17-14-36(45-29-50(63)51(66-2)24-35(45)10-13-52(55)64)23-48(61)49(62)28-44(38-16-19-58-54(56)26-38)34-9-8-32-6-4-5-7-33(32)20-34/h4-9,16,20,24,26,29,36-37,39-40,42-44,46-49,53,57-59,61-63,65H,3,10-13,15,18-19,21-23,25,27-28,30-31,56H2,1-2H3. The van der Waals surface area contributed by atoms with Crippen molar-refractivity contribution in [2.75, 3.05) is 33.3 Å². The first-order valence-electron chi connectivity index (χ1n) is 24.8. The van der Waals surface area contributed by atoms with Gasteiger partial charge in [-0.3, -0.25) is 9.59 Å². The molecular weight excluding hydrogens is 829 g/mol. The van der Waals surface area contributed by atoms with Gasteiger partial charge in [0.25, 0.3) is 0 Å². The van der Waals surface area contributed by atoms with Crippen molar-refractivity contribution in [1.29, 1.82) is 0 Å². The molecule has 13 unspecified atom stereocenters. The monoisotopic (exact) mass is 899 g/mol. The second-order valence-electron chi connectivity index (χ2n) is 20.5. The summed E-state index contributed by atoms with van der Waals surface area (Å²) in [5.74, 6) is 9.70. The van der Waals surface area contributed by atoms with Crippen LogP contribution in [0.3, 0.4) is 0 Å². The number of rotatable bonds is 12. The molecule has 11 nitrogen and oxygen atoms in total. The average molecular weight is 899 g/mol. The number of methoxy groups -OCH3 is 1. The van der Waals surface area contributed by atoms with Gasteiger partial charge in [0, 0.05) is 43.7 Å². The quantitative estimate of drug-likeness (QED) is 0.0979. The lowest BCUT2D eigenvalue weighted by atomic mass is 9.54. The predicted octanol–water partition coefficient (Wildman–Crippen LogP) is 6.13. The molecule has 6 aliphatic rings. The topological polar surface area (TPSA) is 186 Å². The number of phenols is 1. The van der Waals surface area contributed by atoms with Crippen LogP contribution >= 0.6 is 0 Å². The Bertz CT molecular complexity index is 2400. The number of Topliss-reactive ketones (excluding diaryl/α,β-unsaturated/α-hetero) is 2. The highest BCUT2D eigenvalue weighted by molar-refractivity contribution is 5.89. The van der Waals surface area contributed by atoms with Crippen molar-refractivity contribution >= 4 is 22.3 Å². The van der Waals surface area contributed by atoms with Crippen molar-refractivity contribution in [2.45, 2.75) is 120 Å². The maximum absolute atomic E-state index is 14.6. The van der Waals surface area contributed by atoms with Crippen LogP contribution in [0.4, 0.5) is 0 Å². The maximum Gasteiger partial charge on any atom is 0.160 e. The molecule has 4 fully saturated rings. The number of aryl methyl sites for hydroxylation is 1.